The van der Waals surface area contributed by atoms with Gasteiger partial charge in [0.05, 0.1) is 5.75 Å². The molecule has 4 heteroatoms. The van der Waals surface area contributed by atoms with Gasteiger partial charge in [-0.3, -0.25) is 4.79 Å². The van der Waals surface area contributed by atoms with Crippen LogP contribution in [0.25, 0.3) is 0 Å². The van der Waals surface area contributed by atoms with E-state index in [0.29, 0.717) is 22.8 Å². The van der Waals surface area contributed by atoms with Gasteiger partial charge < -0.3 is 9.47 Å². The fourth-order valence-electron chi connectivity index (χ4n) is 2.14. The molecule has 0 radical (unpaired) electrons. The van der Waals surface area contributed by atoms with E-state index in [1.54, 1.807) is 18.2 Å². The van der Waals surface area contributed by atoms with Crippen LogP contribution < -0.4 is 9.47 Å². The van der Waals surface area contributed by atoms with Crippen molar-refractivity contribution in [1.82, 2.24) is 0 Å². The number of thioether (sulfide) groups is 1. The van der Waals surface area contributed by atoms with Crippen LogP contribution in [0.1, 0.15) is 24.2 Å². The molecule has 2 aromatic rings. The Hall–Kier alpha value is -1.94. The molecule has 0 N–H and O–H groups in total. The molecule has 0 aliphatic carbocycles. The zero-order valence-corrected chi connectivity index (χ0v) is 12.8. The van der Waals surface area contributed by atoms with E-state index in [2.05, 4.69) is 0 Å². The van der Waals surface area contributed by atoms with Crippen LogP contribution in [0.4, 0.5) is 0 Å². The summed E-state index contributed by atoms with van der Waals surface area (Å²) in [5.41, 5.74) is 0.651. The lowest BCUT2D eigenvalue weighted by molar-refractivity contribution is -0.0431. The van der Waals surface area contributed by atoms with Crippen molar-refractivity contribution in [2.45, 2.75) is 24.5 Å². The van der Waals surface area contributed by atoms with Crippen LogP contribution in [-0.4, -0.2) is 17.3 Å². The Morgan fingerprint density at radius 1 is 1.05 bits per heavy atom. The van der Waals surface area contributed by atoms with E-state index in [-0.39, 0.29) is 5.78 Å². The van der Waals surface area contributed by atoms with Crippen LogP contribution >= 0.6 is 11.8 Å². The van der Waals surface area contributed by atoms with E-state index in [1.807, 2.05) is 44.2 Å². The van der Waals surface area contributed by atoms with Gasteiger partial charge in [-0.05, 0) is 30.3 Å². The van der Waals surface area contributed by atoms with E-state index in [4.69, 9.17) is 9.47 Å². The first-order valence-corrected chi connectivity index (χ1v) is 7.75. The third-order valence-corrected chi connectivity index (χ3v) is 4.10. The minimum Gasteiger partial charge on any atom is -0.449 e. The van der Waals surface area contributed by atoms with Gasteiger partial charge in [-0.2, -0.15) is 0 Å². The van der Waals surface area contributed by atoms with Gasteiger partial charge in [0.25, 0.3) is 0 Å². The topological polar surface area (TPSA) is 35.5 Å². The SMILES string of the molecule is CC1(C)Oc2ccc(C(=O)CSc3ccccc3)cc2O1. The summed E-state index contributed by atoms with van der Waals surface area (Å²) >= 11 is 1.53. The van der Waals surface area contributed by atoms with Gasteiger partial charge in [-0.25, -0.2) is 0 Å². The number of hydrogen-bond donors (Lipinski definition) is 0. The molecule has 0 bridgehead atoms. The lowest BCUT2D eigenvalue weighted by Crippen LogP contribution is -2.29. The summed E-state index contributed by atoms with van der Waals surface area (Å²) in [7, 11) is 0. The average molecular weight is 300 g/mol. The number of hydrogen-bond acceptors (Lipinski definition) is 4. The van der Waals surface area contributed by atoms with Crippen LogP contribution in [0.3, 0.4) is 0 Å². The standard InChI is InChI=1S/C17H16O3S/c1-17(2)19-15-9-8-12(10-16(15)20-17)14(18)11-21-13-6-4-3-5-7-13/h3-10H,11H2,1-2H3. The number of rotatable bonds is 4. The van der Waals surface area contributed by atoms with Crippen molar-refractivity contribution in [2.75, 3.05) is 5.75 Å². The largest absolute Gasteiger partial charge is 0.449 e. The molecule has 1 aliphatic rings. The van der Waals surface area contributed by atoms with Gasteiger partial charge >= 0.3 is 0 Å². The molecule has 1 heterocycles. The highest BCUT2D eigenvalue weighted by atomic mass is 32.2. The van der Waals surface area contributed by atoms with Crippen molar-refractivity contribution in [3.8, 4) is 11.5 Å². The number of Topliss-reactive ketones (excluding diaryl/α,β-unsaturated/α-hetero) is 1. The van der Waals surface area contributed by atoms with Crippen molar-refractivity contribution < 1.29 is 14.3 Å². The molecule has 21 heavy (non-hydrogen) atoms. The predicted octanol–water partition coefficient (Wildman–Crippen LogP) is 4.17. The first-order chi connectivity index (χ1) is 10.0. The Morgan fingerprint density at radius 3 is 2.52 bits per heavy atom. The molecule has 0 atom stereocenters. The monoisotopic (exact) mass is 300 g/mol. The molecule has 0 saturated heterocycles. The highest BCUT2D eigenvalue weighted by Crippen LogP contribution is 2.39. The molecule has 0 unspecified atom stereocenters. The molecule has 1 aliphatic heterocycles. The van der Waals surface area contributed by atoms with E-state index in [0.717, 1.165) is 4.90 Å². The second kappa shape index (κ2) is 5.45. The second-order valence-electron chi connectivity index (χ2n) is 5.29. The van der Waals surface area contributed by atoms with Gasteiger partial charge in [0.15, 0.2) is 17.3 Å². The van der Waals surface area contributed by atoms with E-state index in [1.165, 1.54) is 11.8 Å². The van der Waals surface area contributed by atoms with Crippen molar-refractivity contribution >= 4 is 17.5 Å². The molecular formula is C17H16O3S. The fourth-order valence-corrected chi connectivity index (χ4v) is 2.96. The third-order valence-electron chi connectivity index (χ3n) is 3.09. The van der Waals surface area contributed by atoms with Gasteiger partial charge in [-0.1, -0.05) is 18.2 Å². The van der Waals surface area contributed by atoms with Gasteiger partial charge in [0.1, 0.15) is 0 Å². The van der Waals surface area contributed by atoms with Crippen molar-refractivity contribution in [2.24, 2.45) is 0 Å². The van der Waals surface area contributed by atoms with E-state index in [9.17, 15) is 4.79 Å². The summed E-state index contributed by atoms with van der Waals surface area (Å²) in [6, 6.07) is 15.2. The lowest BCUT2D eigenvalue weighted by atomic mass is 10.1. The summed E-state index contributed by atoms with van der Waals surface area (Å²) in [5, 5.41) is 0. The number of ketones is 1. The third kappa shape index (κ3) is 3.22. The second-order valence-corrected chi connectivity index (χ2v) is 6.34. The Labute approximate surface area is 128 Å². The zero-order chi connectivity index (χ0) is 14.9. The van der Waals surface area contributed by atoms with Gasteiger partial charge in [0, 0.05) is 24.3 Å². The first kappa shape index (κ1) is 14.0. The van der Waals surface area contributed by atoms with Crippen LogP contribution in [0.15, 0.2) is 53.4 Å². The lowest BCUT2D eigenvalue weighted by Gasteiger charge is -2.16. The average Bonchev–Trinajstić information content (AvgIpc) is 2.78. The summed E-state index contributed by atoms with van der Waals surface area (Å²) in [6.45, 7) is 3.69. The predicted molar refractivity (Wildman–Crippen MR) is 83.3 cm³/mol. The Bertz CT molecular complexity index is 665. The minimum atomic E-state index is -0.664. The Balaban J connectivity index is 1.69. The zero-order valence-electron chi connectivity index (χ0n) is 12.0. The number of carbonyl (C=O) groups excluding carboxylic acids is 1. The summed E-state index contributed by atoms with van der Waals surface area (Å²) < 4.78 is 11.3. The van der Waals surface area contributed by atoms with Crippen molar-refractivity contribution in [3.05, 3.63) is 54.1 Å². The number of benzene rings is 2. The van der Waals surface area contributed by atoms with Crippen LogP contribution in [0.2, 0.25) is 0 Å². The van der Waals surface area contributed by atoms with Gasteiger partial charge in [0.2, 0.25) is 5.79 Å². The number of ether oxygens (including phenoxy) is 2. The molecule has 0 saturated carbocycles. The maximum Gasteiger partial charge on any atom is 0.246 e. The van der Waals surface area contributed by atoms with Crippen LogP contribution in [0, 0.1) is 0 Å². The number of fused-ring (bicyclic) bond motifs is 1. The smallest absolute Gasteiger partial charge is 0.246 e. The Morgan fingerprint density at radius 2 is 1.76 bits per heavy atom. The molecular weight excluding hydrogens is 284 g/mol. The van der Waals surface area contributed by atoms with Gasteiger partial charge in [-0.15, -0.1) is 11.8 Å². The summed E-state index contributed by atoms with van der Waals surface area (Å²) in [5.74, 6) is 1.15. The highest BCUT2D eigenvalue weighted by Gasteiger charge is 2.31. The molecule has 0 amide bonds. The minimum absolute atomic E-state index is 0.0833. The molecule has 0 fully saturated rings. The van der Waals surface area contributed by atoms with Crippen LogP contribution in [-0.2, 0) is 0 Å². The maximum atomic E-state index is 12.3. The fraction of sp³-hybridized carbons (Fsp3) is 0.235. The van der Waals surface area contributed by atoms with E-state index >= 15 is 0 Å². The number of carbonyl (C=O) groups is 1. The van der Waals surface area contributed by atoms with Crippen molar-refractivity contribution in [3.63, 3.8) is 0 Å². The summed E-state index contributed by atoms with van der Waals surface area (Å²) in [6.07, 6.45) is 0. The molecule has 0 aromatic heterocycles. The molecule has 108 valence electrons. The quantitative estimate of drug-likeness (QED) is 0.627. The van der Waals surface area contributed by atoms with Crippen molar-refractivity contribution in [1.29, 1.82) is 0 Å². The Kier molecular flexibility index (Phi) is 3.64. The highest BCUT2D eigenvalue weighted by molar-refractivity contribution is 8.00. The molecule has 2 aromatic carbocycles. The molecule has 3 rings (SSSR count). The summed E-state index contributed by atoms with van der Waals surface area (Å²) in [4.78, 5) is 13.4. The molecule has 3 nitrogen and oxygen atoms in total. The van der Waals surface area contributed by atoms with Crippen LogP contribution in [0.5, 0.6) is 11.5 Å². The van der Waals surface area contributed by atoms with E-state index < -0.39 is 5.79 Å². The first-order valence-electron chi connectivity index (χ1n) is 6.77. The molecule has 0 spiro atoms. The maximum absolute atomic E-state index is 12.3. The normalized spacial score (nSPS) is 15.0.